The molecule has 7 heteroatoms. The molecular formula is C23H24FN3O3. The monoisotopic (exact) mass is 409 g/mol. The van der Waals surface area contributed by atoms with Crippen LogP contribution in [0.1, 0.15) is 12.2 Å². The molecule has 0 saturated carbocycles. The minimum atomic E-state index is -0.311. The fourth-order valence-corrected chi connectivity index (χ4v) is 3.62. The van der Waals surface area contributed by atoms with Crippen molar-refractivity contribution in [3.63, 3.8) is 0 Å². The van der Waals surface area contributed by atoms with E-state index in [4.69, 9.17) is 9.47 Å². The van der Waals surface area contributed by atoms with Crippen LogP contribution in [0.15, 0.2) is 54.7 Å². The number of benzene rings is 2. The van der Waals surface area contributed by atoms with Crippen molar-refractivity contribution in [3.05, 3.63) is 66.4 Å². The lowest BCUT2D eigenvalue weighted by Crippen LogP contribution is -2.34. The van der Waals surface area contributed by atoms with E-state index in [1.807, 2.05) is 35.4 Å². The van der Waals surface area contributed by atoms with Crippen LogP contribution in [0, 0.1) is 5.82 Å². The van der Waals surface area contributed by atoms with Crippen molar-refractivity contribution in [3.8, 4) is 22.8 Å². The number of hydrogen-bond acceptors (Lipinski definition) is 4. The van der Waals surface area contributed by atoms with Gasteiger partial charge in [0.15, 0.2) is 0 Å². The fourth-order valence-electron chi connectivity index (χ4n) is 3.62. The molecule has 0 unspecified atom stereocenters. The third-order valence-electron chi connectivity index (χ3n) is 5.27. The highest BCUT2D eigenvalue weighted by Crippen LogP contribution is 2.25. The molecule has 1 aromatic heterocycles. The molecule has 1 aliphatic heterocycles. The van der Waals surface area contributed by atoms with Gasteiger partial charge in [0.05, 0.1) is 32.0 Å². The number of fused-ring (bicyclic) bond motifs is 1. The first-order chi connectivity index (χ1) is 14.6. The fraction of sp³-hybridized carbons (Fsp3) is 0.304. The van der Waals surface area contributed by atoms with Gasteiger partial charge in [-0.05, 0) is 48.5 Å². The first-order valence-corrected chi connectivity index (χ1v) is 9.99. The van der Waals surface area contributed by atoms with E-state index in [1.54, 1.807) is 19.2 Å². The van der Waals surface area contributed by atoms with E-state index < -0.39 is 0 Å². The number of carbonyl (C=O) groups excluding carboxylic acids is 1. The lowest BCUT2D eigenvalue weighted by atomic mass is 10.1. The summed E-state index contributed by atoms with van der Waals surface area (Å²) in [5.74, 6) is 2.10. The summed E-state index contributed by atoms with van der Waals surface area (Å²) < 4.78 is 25.9. The van der Waals surface area contributed by atoms with Gasteiger partial charge in [0.2, 0.25) is 5.91 Å². The molecule has 2 aromatic carbocycles. The SMILES string of the molecule is COc1ccc(-c2cnc3n2CCN(C(=O)CCOc2ccc(F)cc2)CC3)cc1. The van der Waals surface area contributed by atoms with Crippen molar-refractivity contribution in [2.75, 3.05) is 26.8 Å². The molecule has 3 aromatic rings. The maximum atomic E-state index is 12.9. The molecule has 6 nitrogen and oxygen atoms in total. The van der Waals surface area contributed by atoms with E-state index in [0.29, 0.717) is 31.8 Å². The molecule has 2 heterocycles. The molecule has 0 saturated heterocycles. The predicted molar refractivity (Wildman–Crippen MR) is 111 cm³/mol. The van der Waals surface area contributed by atoms with Gasteiger partial charge in [-0.3, -0.25) is 4.79 Å². The van der Waals surface area contributed by atoms with Gasteiger partial charge in [-0.25, -0.2) is 9.37 Å². The summed E-state index contributed by atoms with van der Waals surface area (Å²) >= 11 is 0. The largest absolute Gasteiger partial charge is 0.497 e. The van der Waals surface area contributed by atoms with Crippen LogP contribution in [0.4, 0.5) is 4.39 Å². The highest BCUT2D eigenvalue weighted by molar-refractivity contribution is 5.76. The third kappa shape index (κ3) is 4.45. The van der Waals surface area contributed by atoms with Crippen LogP contribution in [0.25, 0.3) is 11.3 Å². The second-order valence-corrected chi connectivity index (χ2v) is 7.12. The second kappa shape index (κ2) is 8.98. The standard InChI is InChI=1S/C23H24FN3O3/c1-29-19-6-2-17(3-7-19)21-16-25-22-10-12-26(13-14-27(21)22)23(28)11-15-30-20-8-4-18(24)5-9-20/h2-9,16H,10-15H2,1H3. The Balaban J connectivity index is 1.35. The van der Waals surface area contributed by atoms with Crippen molar-refractivity contribution < 1.29 is 18.7 Å². The first kappa shape index (κ1) is 19.9. The lowest BCUT2D eigenvalue weighted by Gasteiger charge is -2.20. The van der Waals surface area contributed by atoms with Gasteiger partial charge in [0.1, 0.15) is 23.1 Å². The molecule has 0 N–H and O–H groups in total. The minimum absolute atomic E-state index is 0.0499. The van der Waals surface area contributed by atoms with Gasteiger partial charge >= 0.3 is 0 Å². The minimum Gasteiger partial charge on any atom is -0.497 e. The number of carbonyl (C=O) groups is 1. The number of methoxy groups -OCH3 is 1. The first-order valence-electron chi connectivity index (χ1n) is 9.99. The second-order valence-electron chi connectivity index (χ2n) is 7.12. The molecule has 156 valence electrons. The number of imidazole rings is 1. The van der Waals surface area contributed by atoms with Gasteiger partial charge in [-0.1, -0.05) is 0 Å². The number of amides is 1. The summed E-state index contributed by atoms with van der Waals surface area (Å²) in [5.41, 5.74) is 2.11. The van der Waals surface area contributed by atoms with Gasteiger partial charge in [-0.15, -0.1) is 0 Å². The number of aromatic nitrogens is 2. The van der Waals surface area contributed by atoms with Crippen molar-refractivity contribution in [1.29, 1.82) is 0 Å². The number of rotatable bonds is 6. The zero-order valence-corrected chi connectivity index (χ0v) is 16.9. The molecule has 0 fully saturated rings. The van der Waals surface area contributed by atoms with Crippen molar-refractivity contribution in [1.82, 2.24) is 14.5 Å². The van der Waals surface area contributed by atoms with E-state index in [-0.39, 0.29) is 24.8 Å². The Kier molecular flexibility index (Phi) is 5.97. The molecular weight excluding hydrogens is 385 g/mol. The zero-order chi connectivity index (χ0) is 20.9. The van der Waals surface area contributed by atoms with Crippen LogP contribution in [0.5, 0.6) is 11.5 Å². The Bertz CT molecular complexity index is 1000. The molecule has 0 radical (unpaired) electrons. The smallest absolute Gasteiger partial charge is 0.226 e. The van der Waals surface area contributed by atoms with Crippen LogP contribution in [-0.4, -0.2) is 47.2 Å². The summed E-state index contributed by atoms with van der Waals surface area (Å²) in [6.45, 7) is 2.22. The number of hydrogen-bond donors (Lipinski definition) is 0. The summed E-state index contributed by atoms with van der Waals surface area (Å²) in [4.78, 5) is 19.1. The summed E-state index contributed by atoms with van der Waals surface area (Å²) in [5, 5.41) is 0. The van der Waals surface area contributed by atoms with Gasteiger partial charge < -0.3 is 18.9 Å². The van der Waals surface area contributed by atoms with Crippen LogP contribution < -0.4 is 9.47 Å². The predicted octanol–water partition coefficient (Wildman–Crippen LogP) is 3.55. The Morgan fingerprint density at radius 2 is 1.77 bits per heavy atom. The highest BCUT2D eigenvalue weighted by atomic mass is 19.1. The Labute approximate surface area is 174 Å². The summed E-state index contributed by atoms with van der Waals surface area (Å²) in [6.07, 6.45) is 2.89. The Morgan fingerprint density at radius 3 is 2.50 bits per heavy atom. The quantitative estimate of drug-likeness (QED) is 0.625. The average Bonchev–Trinajstić information content (AvgIpc) is 3.06. The highest BCUT2D eigenvalue weighted by Gasteiger charge is 2.21. The topological polar surface area (TPSA) is 56.6 Å². The molecule has 0 atom stereocenters. The lowest BCUT2D eigenvalue weighted by molar-refractivity contribution is -0.131. The molecule has 1 aliphatic rings. The van der Waals surface area contributed by atoms with Crippen molar-refractivity contribution >= 4 is 5.91 Å². The maximum Gasteiger partial charge on any atom is 0.226 e. The molecule has 1 amide bonds. The summed E-state index contributed by atoms with van der Waals surface area (Å²) in [7, 11) is 1.65. The van der Waals surface area contributed by atoms with Crippen LogP contribution in [-0.2, 0) is 17.8 Å². The van der Waals surface area contributed by atoms with Gasteiger partial charge in [0.25, 0.3) is 0 Å². The van der Waals surface area contributed by atoms with Crippen LogP contribution >= 0.6 is 0 Å². The van der Waals surface area contributed by atoms with Crippen molar-refractivity contribution in [2.45, 2.75) is 19.4 Å². The van der Waals surface area contributed by atoms with Gasteiger partial charge in [-0.2, -0.15) is 0 Å². The van der Waals surface area contributed by atoms with Crippen molar-refractivity contribution in [2.24, 2.45) is 0 Å². The van der Waals surface area contributed by atoms with E-state index >= 15 is 0 Å². The van der Waals surface area contributed by atoms with E-state index in [0.717, 1.165) is 22.8 Å². The molecule has 4 rings (SSSR count). The number of ether oxygens (including phenoxy) is 2. The summed E-state index contributed by atoms with van der Waals surface area (Å²) in [6, 6.07) is 13.7. The number of halogens is 1. The molecule has 0 aliphatic carbocycles. The van der Waals surface area contributed by atoms with E-state index in [2.05, 4.69) is 9.55 Å². The molecule has 30 heavy (non-hydrogen) atoms. The average molecular weight is 409 g/mol. The molecule has 0 spiro atoms. The van der Waals surface area contributed by atoms with E-state index in [1.165, 1.54) is 12.1 Å². The maximum absolute atomic E-state index is 12.9. The van der Waals surface area contributed by atoms with Crippen LogP contribution in [0.3, 0.4) is 0 Å². The Morgan fingerprint density at radius 1 is 1.03 bits per heavy atom. The Hall–Kier alpha value is -3.35. The third-order valence-corrected chi connectivity index (χ3v) is 5.27. The number of nitrogens with zero attached hydrogens (tertiary/aromatic N) is 3. The van der Waals surface area contributed by atoms with Crippen LogP contribution in [0.2, 0.25) is 0 Å². The van der Waals surface area contributed by atoms with Gasteiger partial charge in [0, 0.05) is 31.6 Å². The van der Waals surface area contributed by atoms with E-state index in [9.17, 15) is 9.18 Å². The molecule has 0 bridgehead atoms. The normalized spacial score (nSPS) is 13.5. The zero-order valence-electron chi connectivity index (χ0n) is 16.9.